The lowest BCUT2D eigenvalue weighted by molar-refractivity contribution is -0.135. The SMILES string of the molecule is CCCNC(=O)CN(C)C(=O)CN1CCC(CCO)C1. The summed E-state index contributed by atoms with van der Waals surface area (Å²) in [5.74, 6) is 0.356. The molecule has 0 aromatic carbocycles. The molecule has 0 bridgehead atoms. The van der Waals surface area contributed by atoms with Crippen LogP contribution in [-0.4, -0.2) is 73.1 Å². The predicted octanol–water partition coefficient (Wildman–Crippen LogP) is -0.325. The van der Waals surface area contributed by atoms with E-state index in [-0.39, 0.29) is 25.0 Å². The maximum atomic E-state index is 12.0. The molecule has 20 heavy (non-hydrogen) atoms. The van der Waals surface area contributed by atoms with Crippen LogP contribution in [0.3, 0.4) is 0 Å². The quantitative estimate of drug-likeness (QED) is 0.641. The van der Waals surface area contributed by atoms with Crippen molar-refractivity contribution in [1.82, 2.24) is 15.1 Å². The molecule has 2 N–H and O–H groups in total. The molecule has 0 saturated carbocycles. The summed E-state index contributed by atoms with van der Waals surface area (Å²) >= 11 is 0. The number of hydrogen-bond donors (Lipinski definition) is 2. The van der Waals surface area contributed by atoms with Gasteiger partial charge in [0.25, 0.3) is 0 Å². The van der Waals surface area contributed by atoms with Crippen LogP contribution < -0.4 is 5.32 Å². The number of aliphatic hydroxyl groups is 1. The Morgan fingerprint density at radius 2 is 2.20 bits per heavy atom. The van der Waals surface area contributed by atoms with Crippen molar-refractivity contribution < 1.29 is 14.7 Å². The Bertz CT molecular complexity index is 323. The molecule has 0 radical (unpaired) electrons. The number of rotatable bonds is 8. The molecule has 0 aliphatic carbocycles. The third-order valence-electron chi connectivity index (χ3n) is 3.64. The Kier molecular flexibility index (Phi) is 7.54. The standard InChI is InChI=1S/C14H27N3O3/c1-3-6-15-13(19)10-16(2)14(20)11-17-7-4-12(9-17)5-8-18/h12,18H,3-11H2,1-2H3,(H,15,19). The van der Waals surface area contributed by atoms with Gasteiger partial charge in [-0.1, -0.05) is 6.92 Å². The minimum Gasteiger partial charge on any atom is -0.396 e. The highest BCUT2D eigenvalue weighted by Gasteiger charge is 2.24. The van der Waals surface area contributed by atoms with E-state index in [1.54, 1.807) is 7.05 Å². The number of nitrogens with zero attached hydrogens (tertiary/aromatic N) is 2. The Morgan fingerprint density at radius 1 is 1.45 bits per heavy atom. The van der Waals surface area contributed by atoms with Crippen LogP contribution in [0.25, 0.3) is 0 Å². The summed E-state index contributed by atoms with van der Waals surface area (Å²) in [7, 11) is 1.66. The van der Waals surface area contributed by atoms with Crippen molar-refractivity contribution in [2.24, 2.45) is 5.92 Å². The minimum absolute atomic E-state index is 0.0266. The molecule has 1 rings (SSSR count). The van der Waals surface area contributed by atoms with Crippen LogP contribution in [0.2, 0.25) is 0 Å². The van der Waals surface area contributed by atoms with Crippen molar-refractivity contribution in [3.8, 4) is 0 Å². The fraction of sp³-hybridized carbons (Fsp3) is 0.857. The second-order valence-corrected chi connectivity index (χ2v) is 5.50. The summed E-state index contributed by atoms with van der Waals surface area (Å²) in [6.45, 7) is 5.09. The highest BCUT2D eigenvalue weighted by molar-refractivity contribution is 5.85. The number of amides is 2. The first kappa shape index (κ1) is 16.9. The average Bonchev–Trinajstić information content (AvgIpc) is 2.84. The molecule has 2 amide bonds. The lowest BCUT2D eigenvalue weighted by Gasteiger charge is -2.21. The Morgan fingerprint density at radius 3 is 2.85 bits per heavy atom. The zero-order chi connectivity index (χ0) is 15.0. The number of carbonyl (C=O) groups is 2. The molecular weight excluding hydrogens is 258 g/mol. The van der Waals surface area contributed by atoms with Crippen LogP contribution in [0, 0.1) is 5.92 Å². The zero-order valence-electron chi connectivity index (χ0n) is 12.6. The molecule has 6 heteroatoms. The van der Waals surface area contributed by atoms with Crippen molar-refractivity contribution in [3.63, 3.8) is 0 Å². The van der Waals surface area contributed by atoms with Gasteiger partial charge in [-0.05, 0) is 31.7 Å². The maximum absolute atomic E-state index is 12.0. The van der Waals surface area contributed by atoms with Crippen LogP contribution in [0.5, 0.6) is 0 Å². The molecule has 6 nitrogen and oxygen atoms in total. The molecule has 1 aliphatic rings. The van der Waals surface area contributed by atoms with E-state index in [9.17, 15) is 9.59 Å². The molecular formula is C14H27N3O3. The normalized spacial score (nSPS) is 19.1. The smallest absolute Gasteiger partial charge is 0.239 e. The summed E-state index contributed by atoms with van der Waals surface area (Å²) in [5.41, 5.74) is 0. The van der Waals surface area contributed by atoms with E-state index in [2.05, 4.69) is 10.2 Å². The number of likely N-dealkylation sites (N-methyl/N-ethyl adjacent to an activating group) is 1. The van der Waals surface area contributed by atoms with Crippen LogP contribution in [0.4, 0.5) is 0 Å². The van der Waals surface area contributed by atoms with Gasteiger partial charge in [-0.25, -0.2) is 0 Å². The van der Waals surface area contributed by atoms with Crippen LogP contribution >= 0.6 is 0 Å². The number of aliphatic hydroxyl groups excluding tert-OH is 1. The van der Waals surface area contributed by atoms with Gasteiger partial charge in [0.2, 0.25) is 11.8 Å². The molecule has 1 unspecified atom stereocenters. The average molecular weight is 285 g/mol. The van der Waals surface area contributed by atoms with E-state index in [0.29, 0.717) is 19.0 Å². The van der Waals surface area contributed by atoms with Gasteiger partial charge < -0.3 is 15.3 Å². The summed E-state index contributed by atoms with van der Waals surface area (Å²) in [6.07, 6.45) is 2.73. The Labute approximate surface area is 121 Å². The highest BCUT2D eigenvalue weighted by Crippen LogP contribution is 2.18. The van der Waals surface area contributed by atoms with Crippen molar-refractivity contribution in [2.75, 3.05) is 46.4 Å². The number of likely N-dealkylation sites (tertiary alicyclic amines) is 1. The number of nitrogens with one attached hydrogen (secondary N) is 1. The molecule has 1 fully saturated rings. The van der Waals surface area contributed by atoms with Crippen LogP contribution in [-0.2, 0) is 9.59 Å². The maximum Gasteiger partial charge on any atom is 0.239 e. The largest absolute Gasteiger partial charge is 0.396 e. The van der Waals surface area contributed by atoms with E-state index in [4.69, 9.17) is 5.11 Å². The topological polar surface area (TPSA) is 72.9 Å². The van der Waals surface area contributed by atoms with Gasteiger partial charge in [0.15, 0.2) is 0 Å². The second-order valence-electron chi connectivity index (χ2n) is 5.50. The molecule has 0 spiro atoms. The van der Waals surface area contributed by atoms with E-state index >= 15 is 0 Å². The first-order valence-corrected chi connectivity index (χ1v) is 7.40. The summed E-state index contributed by atoms with van der Waals surface area (Å²) in [5, 5.41) is 11.7. The van der Waals surface area contributed by atoms with E-state index < -0.39 is 0 Å². The molecule has 1 atom stereocenters. The Balaban J connectivity index is 2.26. The lowest BCUT2D eigenvalue weighted by Crippen LogP contribution is -2.42. The summed E-state index contributed by atoms with van der Waals surface area (Å²) < 4.78 is 0. The fourth-order valence-electron chi connectivity index (χ4n) is 2.41. The van der Waals surface area contributed by atoms with E-state index in [1.165, 1.54) is 4.90 Å². The first-order valence-electron chi connectivity index (χ1n) is 7.40. The van der Waals surface area contributed by atoms with Gasteiger partial charge in [0.1, 0.15) is 0 Å². The van der Waals surface area contributed by atoms with Crippen molar-refractivity contribution >= 4 is 11.8 Å². The molecule has 1 heterocycles. The van der Waals surface area contributed by atoms with Crippen LogP contribution in [0.15, 0.2) is 0 Å². The van der Waals surface area contributed by atoms with Gasteiger partial charge in [-0.2, -0.15) is 0 Å². The van der Waals surface area contributed by atoms with E-state index in [0.717, 1.165) is 32.4 Å². The summed E-state index contributed by atoms with van der Waals surface area (Å²) in [4.78, 5) is 27.1. The van der Waals surface area contributed by atoms with Gasteiger partial charge in [-0.15, -0.1) is 0 Å². The molecule has 1 aliphatic heterocycles. The first-order chi connectivity index (χ1) is 9.56. The molecule has 1 saturated heterocycles. The zero-order valence-corrected chi connectivity index (χ0v) is 12.6. The minimum atomic E-state index is -0.109. The molecule has 116 valence electrons. The van der Waals surface area contributed by atoms with Crippen LogP contribution in [0.1, 0.15) is 26.2 Å². The number of carbonyl (C=O) groups excluding carboxylic acids is 2. The van der Waals surface area contributed by atoms with Crippen molar-refractivity contribution in [1.29, 1.82) is 0 Å². The van der Waals surface area contributed by atoms with Gasteiger partial charge >= 0.3 is 0 Å². The summed E-state index contributed by atoms with van der Waals surface area (Å²) in [6, 6.07) is 0. The highest BCUT2D eigenvalue weighted by atomic mass is 16.3. The molecule has 0 aromatic rings. The third-order valence-corrected chi connectivity index (χ3v) is 3.64. The molecule has 0 aromatic heterocycles. The van der Waals surface area contributed by atoms with Gasteiger partial charge in [-0.3, -0.25) is 14.5 Å². The monoisotopic (exact) mass is 285 g/mol. The van der Waals surface area contributed by atoms with E-state index in [1.807, 2.05) is 6.92 Å². The fourth-order valence-corrected chi connectivity index (χ4v) is 2.41. The lowest BCUT2D eigenvalue weighted by atomic mass is 10.1. The van der Waals surface area contributed by atoms with Crippen molar-refractivity contribution in [2.45, 2.75) is 26.2 Å². The Hall–Kier alpha value is -1.14. The third kappa shape index (κ3) is 5.88. The van der Waals surface area contributed by atoms with Gasteiger partial charge in [0, 0.05) is 26.7 Å². The van der Waals surface area contributed by atoms with Crippen molar-refractivity contribution in [3.05, 3.63) is 0 Å². The second kappa shape index (κ2) is 8.92. The van der Waals surface area contributed by atoms with Gasteiger partial charge in [0.05, 0.1) is 13.1 Å². The number of hydrogen-bond acceptors (Lipinski definition) is 4. The predicted molar refractivity (Wildman–Crippen MR) is 77.2 cm³/mol.